The second-order valence-corrected chi connectivity index (χ2v) is 6.68. The molecule has 1 aromatic carbocycles. The smallest absolute Gasteiger partial charge is 0.323 e. The number of unbranched alkanes of at least 4 members (excludes halogenated alkanes) is 1. The number of benzene rings is 1. The average Bonchev–Trinajstić information content (AvgIpc) is 2.81. The molecule has 2 aromatic rings. The van der Waals surface area contributed by atoms with Gasteiger partial charge in [0.2, 0.25) is 0 Å². The van der Waals surface area contributed by atoms with Crippen LogP contribution in [0.1, 0.15) is 46.9 Å². The van der Waals surface area contributed by atoms with Crippen molar-refractivity contribution in [3.05, 3.63) is 34.5 Å². The SMILES string of the molecule is CCCCN1CCc2c(n(CC(=O)O)c3c(C)cc(C)cc23)C1=O. The molecule has 2 heterocycles. The van der Waals surface area contributed by atoms with Crippen LogP contribution in [0, 0.1) is 13.8 Å². The molecular weight excluding hydrogens is 304 g/mol. The summed E-state index contributed by atoms with van der Waals surface area (Å²) in [6, 6.07) is 4.12. The molecule has 0 bridgehead atoms. The third-order valence-corrected chi connectivity index (χ3v) is 4.79. The Labute approximate surface area is 141 Å². The molecule has 1 aliphatic heterocycles. The molecule has 128 valence electrons. The first-order valence-corrected chi connectivity index (χ1v) is 8.57. The molecule has 0 saturated carbocycles. The average molecular weight is 328 g/mol. The van der Waals surface area contributed by atoms with Crippen LogP contribution in [0.3, 0.4) is 0 Å². The lowest BCUT2D eigenvalue weighted by Crippen LogP contribution is -2.39. The van der Waals surface area contributed by atoms with Crippen molar-refractivity contribution in [2.75, 3.05) is 13.1 Å². The van der Waals surface area contributed by atoms with Crippen LogP contribution in [0.4, 0.5) is 0 Å². The minimum absolute atomic E-state index is 0.0285. The summed E-state index contributed by atoms with van der Waals surface area (Å²) in [7, 11) is 0. The lowest BCUT2D eigenvalue weighted by Gasteiger charge is -2.28. The van der Waals surface area contributed by atoms with Crippen molar-refractivity contribution >= 4 is 22.8 Å². The summed E-state index contributed by atoms with van der Waals surface area (Å²) in [5.41, 5.74) is 4.63. The van der Waals surface area contributed by atoms with E-state index < -0.39 is 5.97 Å². The number of aliphatic carboxylic acids is 1. The summed E-state index contributed by atoms with van der Waals surface area (Å²) in [6.45, 7) is 7.40. The fraction of sp³-hybridized carbons (Fsp3) is 0.474. The molecule has 0 spiro atoms. The van der Waals surface area contributed by atoms with Gasteiger partial charge in [-0.3, -0.25) is 9.59 Å². The summed E-state index contributed by atoms with van der Waals surface area (Å²) in [5, 5.41) is 10.4. The van der Waals surface area contributed by atoms with Crippen molar-refractivity contribution in [2.24, 2.45) is 0 Å². The molecule has 0 fully saturated rings. The van der Waals surface area contributed by atoms with Gasteiger partial charge in [0.25, 0.3) is 5.91 Å². The molecule has 1 aliphatic rings. The van der Waals surface area contributed by atoms with Gasteiger partial charge in [0.05, 0.1) is 5.52 Å². The van der Waals surface area contributed by atoms with Crippen LogP contribution in [0.15, 0.2) is 12.1 Å². The lowest BCUT2D eigenvalue weighted by molar-refractivity contribution is -0.137. The molecule has 0 radical (unpaired) electrons. The zero-order valence-corrected chi connectivity index (χ0v) is 14.6. The topological polar surface area (TPSA) is 62.5 Å². The van der Waals surface area contributed by atoms with E-state index in [9.17, 15) is 14.7 Å². The van der Waals surface area contributed by atoms with Crippen molar-refractivity contribution in [2.45, 2.75) is 46.6 Å². The highest BCUT2D eigenvalue weighted by molar-refractivity contribution is 6.04. The molecule has 0 atom stereocenters. The standard InChI is InChI=1S/C19H24N2O3/c1-4-5-7-20-8-6-14-15-10-12(2)9-13(3)17(15)21(11-16(22)23)18(14)19(20)24/h9-10H,4-8,11H2,1-3H3,(H,22,23). The van der Waals surface area contributed by atoms with Gasteiger partial charge in [0.1, 0.15) is 12.2 Å². The Morgan fingerprint density at radius 1 is 1.29 bits per heavy atom. The molecular formula is C19H24N2O3. The van der Waals surface area contributed by atoms with E-state index in [1.807, 2.05) is 24.8 Å². The van der Waals surface area contributed by atoms with E-state index in [1.54, 1.807) is 4.57 Å². The van der Waals surface area contributed by atoms with Crippen LogP contribution in [0.2, 0.25) is 0 Å². The first-order chi connectivity index (χ1) is 11.4. The molecule has 1 N–H and O–H groups in total. The summed E-state index contributed by atoms with van der Waals surface area (Å²) in [5.74, 6) is -0.952. The Balaban J connectivity index is 2.21. The van der Waals surface area contributed by atoms with Crippen LogP contribution in [-0.4, -0.2) is 39.5 Å². The Morgan fingerprint density at radius 3 is 2.71 bits per heavy atom. The summed E-state index contributed by atoms with van der Waals surface area (Å²) in [4.78, 5) is 26.3. The van der Waals surface area contributed by atoms with Gasteiger partial charge in [-0.2, -0.15) is 0 Å². The van der Waals surface area contributed by atoms with Crippen LogP contribution in [0.5, 0.6) is 0 Å². The minimum atomic E-state index is -0.923. The Morgan fingerprint density at radius 2 is 2.04 bits per heavy atom. The molecule has 5 nitrogen and oxygen atoms in total. The van der Waals surface area contributed by atoms with E-state index in [1.165, 1.54) is 0 Å². The highest BCUT2D eigenvalue weighted by Crippen LogP contribution is 2.33. The number of carboxylic acid groups (broad SMARTS) is 1. The van der Waals surface area contributed by atoms with Gasteiger partial charge in [0, 0.05) is 18.5 Å². The maximum atomic E-state index is 13.0. The number of carbonyl (C=O) groups is 2. The van der Waals surface area contributed by atoms with Crippen molar-refractivity contribution < 1.29 is 14.7 Å². The van der Waals surface area contributed by atoms with Gasteiger partial charge in [0.15, 0.2) is 0 Å². The Hall–Kier alpha value is -2.30. The number of nitrogens with zero attached hydrogens (tertiary/aromatic N) is 2. The molecule has 1 aromatic heterocycles. The Kier molecular flexibility index (Phi) is 4.35. The van der Waals surface area contributed by atoms with Gasteiger partial charge in [-0.15, -0.1) is 0 Å². The monoisotopic (exact) mass is 328 g/mol. The number of amides is 1. The normalized spacial score (nSPS) is 14.3. The van der Waals surface area contributed by atoms with Crippen molar-refractivity contribution in [3.8, 4) is 0 Å². The highest BCUT2D eigenvalue weighted by atomic mass is 16.4. The van der Waals surface area contributed by atoms with Crippen molar-refractivity contribution in [3.63, 3.8) is 0 Å². The fourth-order valence-corrected chi connectivity index (χ4v) is 3.80. The molecule has 24 heavy (non-hydrogen) atoms. The fourth-order valence-electron chi connectivity index (χ4n) is 3.80. The summed E-state index contributed by atoms with van der Waals surface area (Å²) in [6.07, 6.45) is 2.79. The van der Waals surface area contributed by atoms with Gasteiger partial charge in [-0.25, -0.2) is 0 Å². The first-order valence-electron chi connectivity index (χ1n) is 8.57. The molecule has 3 rings (SSSR count). The number of carboxylic acids is 1. The predicted molar refractivity (Wildman–Crippen MR) is 93.6 cm³/mol. The molecule has 0 saturated heterocycles. The molecule has 1 amide bonds. The third kappa shape index (κ3) is 2.68. The second kappa shape index (κ2) is 6.30. The van der Waals surface area contributed by atoms with Crippen molar-refractivity contribution in [1.29, 1.82) is 0 Å². The van der Waals surface area contributed by atoms with E-state index in [0.29, 0.717) is 12.2 Å². The zero-order valence-electron chi connectivity index (χ0n) is 14.6. The molecule has 0 unspecified atom stereocenters. The number of aromatic nitrogens is 1. The quantitative estimate of drug-likeness (QED) is 0.917. The lowest BCUT2D eigenvalue weighted by atomic mass is 10.00. The predicted octanol–water partition coefficient (Wildman–Crippen LogP) is 3.14. The second-order valence-electron chi connectivity index (χ2n) is 6.68. The van der Waals surface area contributed by atoms with Crippen LogP contribution >= 0.6 is 0 Å². The van der Waals surface area contributed by atoms with Gasteiger partial charge in [-0.05, 0) is 43.9 Å². The highest BCUT2D eigenvalue weighted by Gasteiger charge is 2.31. The zero-order chi connectivity index (χ0) is 17.4. The van der Waals surface area contributed by atoms with E-state index >= 15 is 0 Å². The van der Waals surface area contributed by atoms with E-state index in [-0.39, 0.29) is 12.5 Å². The van der Waals surface area contributed by atoms with Gasteiger partial charge >= 0.3 is 5.97 Å². The number of aryl methyl sites for hydroxylation is 2. The van der Waals surface area contributed by atoms with Crippen LogP contribution in [-0.2, 0) is 17.8 Å². The minimum Gasteiger partial charge on any atom is -0.480 e. The van der Waals surface area contributed by atoms with E-state index in [4.69, 9.17) is 0 Å². The molecule has 5 heteroatoms. The van der Waals surface area contributed by atoms with E-state index in [2.05, 4.69) is 13.0 Å². The number of carbonyl (C=O) groups excluding carboxylic acids is 1. The first kappa shape index (κ1) is 16.6. The number of hydrogen-bond donors (Lipinski definition) is 1. The third-order valence-electron chi connectivity index (χ3n) is 4.79. The maximum absolute atomic E-state index is 13.0. The largest absolute Gasteiger partial charge is 0.480 e. The molecule has 0 aliphatic carbocycles. The maximum Gasteiger partial charge on any atom is 0.323 e. The summed E-state index contributed by atoms with van der Waals surface area (Å²) >= 11 is 0. The van der Waals surface area contributed by atoms with Crippen LogP contribution < -0.4 is 0 Å². The number of fused-ring (bicyclic) bond motifs is 3. The van der Waals surface area contributed by atoms with Gasteiger partial charge < -0.3 is 14.6 Å². The number of rotatable bonds is 5. The number of hydrogen-bond acceptors (Lipinski definition) is 2. The Bertz CT molecular complexity index is 820. The summed E-state index contributed by atoms with van der Waals surface area (Å²) < 4.78 is 1.71. The van der Waals surface area contributed by atoms with Crippen LogP contribution in [0.25, 0.3) is 10.9 Å². The van der Waals surface area contributed by atoms with Gasteiger partial charge in [-0.1, -0.05) is 25.0 Å². The van der Waals surface area contributed by atoms with Crippen molar-refractivity contribution in [1.82, 2.24) is 9.47 Å². The van der Waals surface area contributed by atoms with E-state index in [0.717, 1.165) is 53.4 Å².